The lowest BCUT2D eigenvalue weighted by Crippen LogP contribution is -2.09. The fourth-order valence-electron chi connectivity index (χ4n) is 2.74. The van der Waals surface area contributed by atoms with Crippen molar-refractivity contribution in [3.63, 3.8) is 0 Å². The summed E-state index contributed by atoms with van der Waals surface area (Å²) in [4.78, 5) is 0. The molecule has 0 fully saturated rings. The van der Waals surface area contributed by atoms with E-state index in [-0.39, 0.29) is 5.92 Å². The summed E-state index contributed by atoms with van der Waals surface area (Å²) >= 11 is 6.36. The second kappa shape index (κ2) is 6.77. The van der Waals surface area contributed by atoms with Gasteiger partial charge >= 0.3 is 0 Å². The van der Waals surface area contributed by atoms with E-state index in [1.54, 1.807) is 0 Å². The summed E-state index contributed by atoms with van der Waals surface area (Å²) in [6.45, 7) is 0.624. The van der Waals surface area contributed by atoms with Crippen LogP contribution < -0.4 is 5.73 Å². The molecular formula is C18H18ClN3. The topological polar surface area (TPSA) is 54.7 Å². The highest BCUT2D eigenvalue weighted by Gasteiger charge is 2.16. The average molecular weight is 312 g/mol. The Balaban J connectivity index is 1.94. The van der Waals surface area contributed by atoms with Crippen molar-refractivity contribution in [3.8, 4) is 11.1 Å². The summed E-state index contributed by atoms with van der Waals surface area (Å²) in [6, 6.07) is 16.5. The van der Waals surface area contributed by atoms with E-state index in [4.69, 9.17) is 17.3 Å². The molecule has 4 heteroatoms. The molecule has 3 nitrogen and oxygen atoms in total. The predicted molar refractivity (Wildman–Crippen MR) is 91.0 cm³/mol. The normalized spacial score (nSPS) is 12.3. The lowest BCUT2D eigenvalue weighted by molar-refractivity contribution is 0.726. The van der Waals surface area contributed by atoms with Crippen LogP contribution >= 0.6 is 11.6 Å². The summed E-state index contributed by atoms with van der Waals surface area (Å²) in [6.07, 6.45) is 4.58. The molecule has 0 saturated carbocycles. The van der Waals surface area contributed by atoms with Gasteiger partial charge in [-0.1, -0.05) is 54.1 Å². The van der Waals surface area contributed by atoms with Crippen LogP contribution in [0.25, 0.3) is 11.1 Å². The maximum absolute atomic E-state index is 6.36. The molecule has 0 bridgehead atoms. The molecule has 1 unspecified atom stereocenters. The quantitative estimate of drug-likeness (QED) is 0.741. The van der Waals surface area contributed by atoms with Gasteiger partial charge in [0.2, 0.25) is 0 Å². The summed E-state index contributed by atoms with van der Waals surface area (Å²) < 4.78 is 0. The Bertz CT molecular complexity index is 720. The Hall–Kier alpha value is -2.10. The number of hydrogen-bond acceptors (Lipinski definition) is 2. The first kappa shape index (κ1) is 14.8. The molecule has 2 aromatic carbocycles. The van der Waals surface area contributed by atoms with Crippen molar-refractivity contribution in [2.75, 3.05) is 6.54 Å². The van der Waals surface area contributed by atoms with Crippen LogP contribution in [0.2, 0.25) is 5.02 Å². The van der Waals surface area contributed by atoms with E-state index in [0.717, 1.165) is 28.1 Å². The summed E-state index contributed by atoms with van der Waals surface area (Å²) in [7, 11) is 0. The van der Waals surface area contributed by atoms with Gasteiger partial charge in [0.05, 0.1) is 6.20 Å². The second-order valence-electron chi connectivity index (χ2n) is 5.26. The summed E-state index contributed by atoms with van der Waals surface area (Å²) in [5, 5.41) is 7.61. The molecule has 0 amide bonds. The molecule has 112 valence electrons. The highest BCUT2D eigenvalue weighted by atomic mass is 35.5. The molecule has 0 aliphatic heterocycles. The highest BCUT2D eigenvalue weighted by Crippen LogP contribution is 2.33. The fourth-order valence-corrected chi connectivity index (χ4v) is 3.01. The number of nitrogens with zero attached hydrogens (tertiary/aromatic N) is 1. The molecule has 0 spiro atoms. The van der Waals surface area contributed by atoms with Crippen LogP contribution in [0.3, 0.4) is 0 Å². The number of H-pyrrole nitrogens is 1. The van der Waals surface area contributed by atoms with Gasteiger partial charge in [-0.3, -0.25) is 5.10 Å². The van der Waals surface area contributed by atoms with E-state index in [0.29, 0.717) is 6.54 Å². The van der Waals surface area contributed by atoms with Gasteiger partial charge in [-0.2, -0.15) is 5.10 Å². The Morgan fingerprint density at radius 1 is 1.05 bits per heavy atom. The predicted octanol–water partition coefficient (Wildman–Crippen LogP) is 4.21. The minimum atomic E-state index is 0.220. The number of aromatic nitrogens is 2. The van der Waals surface area contributed by atoms with Crippen molar-refractivity contribution in [3.05, 3.63) is 77.1 Å². The zero-order valence-corrected chi connectivity index (χ0v) is 12.9. The van der Waals surface area contributed by atoms with Crippen molar-refractivity contribution >= 4 is 11.6 Å². The van der Waals surface area contributed by atoms with Crippen molar-refractivity contribution in [1.29, 1.82) is 0 Å². The van der Waals surface area contributed by atoms with Crippen LogP contribution in [-0.4, -0.2) is 16.7 Å². The smallest absolute Gasteiger partial charge is 0.0565 e. The van der Waals surface area contributed by atoms with Crippen molar-refractivity contribution in [2.45, 2.75) is 12.3 Å². The van der Waals surface area contributed by atoms with Gasteiger partial charge in [0, 0.05) is 22.7 Å². The van der Waals surface area contributed by atoms with Crippen LogP contribution in [0.5, 0.6) is 0 Å². The fraction of sp³-hybridized carbons (Fsp3) is 0.167. The molecule has 3 aromatic rings. The highest BCUT2D eigenvalue weighted by molar-refractivity contribution is 6.31. The zero-order chi connectivity index (χ0) is 15.4. The number of hydrogen-bond donors (Lipinski definition) is 2. The van der Waals surface area contributed by atoms with E-state index in [9.17, 15) is 0 Å². The molecular weight excluding hydrogens is 294 g/mol. The molecule has 0 saturated heterocycles. The van der Waals surface area contributed by atoms with Gasteiger partial charge < -0.3 is 5.73 Å². The minimum Gasteiger partial charge on any atom is -0.330 e. The van der Waals surface area contributed by atoms with Crippen LogP contribution in [0.15, 0.2) is 60.9 Å². The SMILES string of the molecule is NCCC(c1ccc(-c2cn[nH]c2)cc1)c1ccccc1Cl. The third-order valence-corrected chi connectivity index (χ3v) is 4.22. The summed E-state index contributed by atoms with van der Waals surface area (Å²) in [5.74, 6) is 0.220. The van der Waals surface area contributed by atoms with E-state index in [2.05, 4.69) is 40.5 Å². The third kappa shape index (κ3) is 3.06. The third-order valence-electron chi connectivity index (χ3n) is 3.88. The molecule has 0 aliphatic rings. The van der Waals surface area contributed by atoms with Crippen LogP contribution in [0.4, 0.5) is 0 Å². The van der Waals surface area contributed by atoms with Crippen LogP contribution in [0.1, 0.15) is 23.5 Å². The Morgan fingerprint density at radius 2 is 1.82 bits per heavy atom. The van der Waals surface area contributed by atoms with E-state index in [1.165, 1.54) is 5.56 Å². The second-order valence-corrected chi connectivity index (χ2v) is 5.67. The Morgan fingerprint density at radius 3 is 2.45 bits per heavy atom. The maximum Gasteiger partial charge on any atom is 0.0565 e. The molecule has 0 aliphatic carbocycles. The number of halogens is 1. The van der Waals surface area contributed by atoms with Gasteiger partial charge in [-0.05, 0) is 35.7 Å². The van der Waals surface area contributed by atoms with Crippen molar-refractivity contribution in [1.82, 2.24) is 10.2 Å². The Kier molecular flexibility index (Phi) is 4.56. The van der Waals surface area contributed by atoms with E-state index in [1.807, 2.05) is 30.6 Å². The van der Waals surface area contributed by atoms with E-state index >= 15 is 0 Å². The molecule has 3 N–H and O–H groups in total. The van der Waals surface area contributed by atoms with Crippen molar-refractivity contribution in [2.24, 2.45) is 5.73 Å². The van der Waals surface area contributed by atoms with Gasteiger partial charge in [0.25, 0.3) is 0 Å². The Labute approximate surface area is 135 Å². The molecule has 1 aromatic heterocycles. The van der Waals surface area contributed by atoms with Crippen LogP contribution in [-0.2, 0) is 0 Å². The number of aromatic amines is 1. The summed E-state index contributed by atoms with van der Waals surface area (Å²) in [5.41, 5.74) is 10.4. The molecule has 0 radical (unpaired) electrons. The molecule has 22 heavy (non-hydrogen) atoms. The van der Waals surface area contributed by atoms with E-state index < -0.39 is 0 Å². The largest absolute Gasteiger partial charge is 0.330 e. The maximum atomic E-state index is 6.36. The molecule has 1 atom stereocenters. The molecule has 1 heterocycles. The first-order valence-corrected chi connectivity index (χ1v) is 7.71. The monoisotopic (exact) mass is 311 g/mol. The first-order chi connectivity index (χ1) is 10.8. The molecule has 3 rings (SSSR count). The van der Waals surface area contributed by atoms with Gasteiger partial charge in [0.15, 0.2) is 0 Å². The number of benzene rings is 2. The van der Waals surface area contributed by atoms with Crippen LogP contribution in [0, 0.1) is 0 Å². The standard InChI is InChI=1S/C18H18ClN3/c19-18-4-2-1-3-17(18)16(9-10-20)14-7-5-13(6-8-14)15-11-21-22-12-15/h1-8,11-12,16H,9-10,20H2,(H,21,22). The first-order valence-electron chi connectivity index (χ1n) is 7.33. The van der Waals surface area contributed by atoms with Crippen molar-refractivity contribution < 1.29 is 0 Å². The lowest BCUT2D eigenvalue weighted by atomic mass is 9.88. The minimum absolute atomic E-state index is 0.220. The number of rotatable bonds is 5. The number of nitrogens with two attached hydrogens (primary N) is 1. The van der Waals surface area contributed by atoms with Gasteiger partial charge in [-0.15, -0.1) is 0 Å². The average Bonchev–Trinajstić information content (AvgIpc) is 3.08. The lowest BCUT2D eigenvalue weighted by Gasteiger charge is -2.19. The van der Waals surface area contributed by atoms with Gasteiger partial charge in [0.1, 0.15) is 0 Å². The number of nitrogens with one attached hydrogen (secondary N) is 1. The zero-order valence-electron chi connectivity index (χ0n) is 12.2. The van der Waals surface area contributed by atoms with Gasteiger partial charge in [-0.25, -0.2) is 0 Å².